The van der Waals surface area contributed by atoms with E-state index in [9.17, 15) is 18.4 Å². The number of benzene rings is 1. The van der Waals surface area contributed by atoms with Crippen molar-refractivity contribution in [1.29, 1.82) is 0 Å². The summed E-state index contributed by atoms with van der Waals surface area (Å²) in [7, 11) is 0. The van der Waals surface area contributed by atoms with Gasteiger partial charge in [-0.25, -0.2) is 13.6 Å². The zero-order chi connectivity index (χ0) is 14.6. The summed E-state index contributed by atoms with van der Waals surface area (Å²) in [5.41, 5.74) is -0.256. The Balaban J connectivity index is 2.88. The number of rotatable bonds is 5. The second-order valence-electron chi connectivity index (χ2n) is 4.46. The molecule has 0 fully saturated rings. The minimum absolute atomic E-state index is 0.0182. The van der Waals surface area contributed by atoms with E-state index < -0.39 is 24.3 Å². The normalized spacial score (nSPS) is 12.5. The van der Waals surface area contributed by atoms with Crippen LogP contribution in [0.5, 0.6) is 0 Å². The van der Waals surface area contributed by atoms with E-state index in [2.05, 4.69) is 5.32 Å². The lowest BCUT2D eigenvalue weighted by Crippen LogP contribution is -2.44. The van der Waals surface area contributed by atoms with Crippen LogP contribution in [0.2, 0.25) is 0 Å². The highest BCUT2D eigenvalue weighted by atomic mass is 19.3. The lowest BCUT2D eigenvalue weighted by molar-refractivity contribution is -0.140. The van der Waals surface area contributed by atoms with Gasteiger partial charge in [0.05, 0.1) is 0 Å². The molecule has 0 aromatic heterocycles. The van der Waals surface area contributed by atoms with Gasteiger partial charge in [0.25, 0.3) is 12.3 Å². The van der Waals surface area contributed by atoms with Crippen LogP contribution in [-0.2, 0) is 4.79 Å². The molecule has 2 N–H and O–H groups in total. The molecular weight excluding hydrogens is 256 g/mol. The standard InChI is InChI=1S/C13H15F2NO3/c1-7(2)10(13(18)19)16-12(17)9-5-3-4-8(6-9)11(14)15/h3-7,10-11H,1-2H3,(H,16,17)(H,18,19)/t10-/m0/s1. The molecule has 1 aromatic rings. The number of amides is 1. The first-order valence-electron chi connectivity index (χ1n) is 5.74. The highest BCUT2D eigenvalue weighted by Crippen LogP contribution is 2.19. The van der Waals surface area contributed by atoms with Gasteiger partial charge in [-0.15, -0.1) is 0 Å². The molecule has 0 radical (unpaired) electrons. The predicted octanol–water partition coefficient (Wildman–Crippen LogP) is 2.46. The van der Waals surface area contributed by atoms with Gasteiger partial charge in [-0.3, -0.25) is 4.79 Å². The Labute approximate surface area is 109 Å². The zero-order valence-corrected chi connectivity index (χ0v) is 10.6. The van der Waals surface area contributed by atoms with Crippen LogP contribution in [-0.4, -0.2) is 23.0 Å². The van der Waals surface area contributed by atoms with Crippen LogP contribution in [0.3, 0.4) is 0 Å². The molecule has 0 aliphatic rings. The number of alkyl halides is 2. The number of hydrogen-bond acceptors (Lipinski definition) is 2. The number of halogens is 2. The van der Waals surface area contributed by atoms with E-state index in [0.29, 0.717) is 0 Å². The number of carboxylic acids is 1. The molecule has 0 heterocycles. The lowest BCUT2D eigenvalue weighted by atomic mass is 10.0. The summed E-state index contributed by atoms with van der Waals surface area (Å²) in [6, 6.07) is 3.91. The molecule has 1 aromatic carbocycles. The van der Waals surface area contributed by atoms with Crippen LogP contribution in [0.25, 0.3) is 0 Å². The van der Waals surface area contributed by atoms with E-state index in [0.717, 1.165) is 6.07 Å². The molecule has 0 saturated heterocycles. The smallest absolute Gasteiger partial charge is 0.326 e. The second kappa shape index (κ2) is 6.26. The molecule has 0 spiro atoms. The average molecular weight is 271 g/mol. The number of carbonyl (C=O) groups is 2. The fourth-order valence-electron chi connectivity index (χ4n) is 1.55. The van der Waals surface area contributed by atoms with E-state index in [-0.39, 0.29) is 17.0 Å². The van der Waals surface area contributed by atoms with Crippen molar-refractivity contribution in [1.82, 2.24) is 5.32 Å². The fraction of sp³-hybridized carbons (Fsp3) is 0.385. The van der Waals surface area contributed by atoms with Gasteiger partial charge in [-0.1, -0.05) is 26.0 Å². The molecule has 1 rings (SSSR count). The Hall–Kier alpha value is -1.98. The highest BCUT2D eigenvalue weighted by molar-refractivity contribution is 5.96. The summed E-state index contributed by atoms with van der Waals surface area (Å²) in [4.78, 5) is 22.8. The van der Waals surface area contributed by atoms with Crippen molar-refractivity contribution in [3.63, 3.8) is 0 Å². The zero-order valence-electron chi connectivity index (χ0n) is 10.6. The Kier molecular flexibility index (Phi) is 4.97. The number of aliphatic carboxylic acids is 1. The van der Waals surface area contributed by atoms with E-state index in [1.807, 2.05) is 0 Å². The van der Waals surface area contributed by atoms with Crippen molar-refractivity contribution in [2.45, 2.75) is 26.3 Å². The lowest BCUT2D eigenvalue weighted by Gasteiger charge is -2.18. The quantitative estimate of drug-likeness (QED) is 0.864. The predicted molar refractivity (Wildman–Crippen MR) is 65.1 cm³/mol. The maximum Gasteiger partial charge on any atom is 0.326 e. The van der Waals surface area contributed by atoms with E-state index >= 15 is 0 Å². The summed E-state index contributed by atoms with van der Waals surface area (Å²) in [6.45, 7) is 3.29. The summed E-state index contributed by atoms with van der Waals surface area (Å²) < 4.78 is 25.0. The van der Waals surface area contributed by atoms with Gasteiger partial charge in [-0.05, 0) is 18.1 Å². The summed E-state index contributed by atoms with van der Waals surface area (Å²) in [5.74, 6) is -2.14. The van der Waals surface area contributed by atoms with Gasteiger partial charge in [0.1, 0.15) is 6.04 Å². The van der Waals surface area contributed by atoms with Crippen molar-refractivity contribution >= 4 is 11.9 Å². The first kappa shape index (κ1) is 15.1. The molecule has 0 aliphatic heterocycles. The second-order valence-corrected chi connectivity index (χ2v) is 4.46. The average Bonchev–Trinajstić information content (AvgIpc) is 2.34. The third-order valence-corrected chi connectivity index (χ3v) is 2.62. The molecule has 104 valence electrons. The summed E-state index contributed by atoms with van der Waals surface area (Å²) >= 11 is 0. The first-order chi connectivity index (χ1) is 8.82. The van der Waals surface area contributed by atoms with Gasteiger partial charge >= 0.3 is 5.97 Å². The van der Waals surface area contributed by atoms with E-state index in [4.69, 9.17) is 5.11 Å². The third-order valence-electron chi connectivity index (χ3n) is 2.62. The Morgan fingerprint density at radius 1 is 1.26 bits per heavy atom. The third kappa shape index (κ3) is 4.01. The Bertz CT molecular complexity index is 475. The SMILES string of the molecule is CC(C)[C@H](NC(=O)c1cccc(C(F)F)c1)C(=O)O. The van der Waals surface area contributed by atoms with E-state index in [1.54, 1.807) is 13.8 Å². The first-order valence-corrected chi connectivity index (χ1v) is 5.74. The van der Waals surface area contributed by atoms with Gasteiger partial charge in [0.2, 0.25) is 0 Å². The minimum Gasteiger partial charge on any atom is -0.480 e. The number of carbonyl (C=O) groups excluding carboxylic acids is 1. The Morgan fingerprint density at radius 2 is 1.89 bits per heavy atom. The largest absolute Gasteiger partial charge is 0.480 e. The van der Waals surface area contributed by atoms with Crippen LogP contribution < -0.4 is 5.32 Å². The van der Waals surface area contributed by atoms with E-state index in [1.165, 1.54) is 18.2 Å². The summed E-state index contributed by atoms with van der Waals surface area (Å²) in [6.07, 6.45) is -2.67. The number of hydrogen-bond donors (Lipinski definition) is 2. The van der Waals surface area contributed by atoms with Crippen molar-refractivity contribution < 1.29 is 23.5 Å². The van der Waals surface area contributed by atoms with Crippen molar-refractivity contribution in [2.24, 2.45) is 5.92 Å². The summed E-state index contributed by atoms with van der Waals surface area (Å²) in [5, 5.41) is 11.3. The molecule has 4 nitrogen and oxygen atoms in total. The van der Waals surface area contributed by atoms with Crippen molar-refractivity contribution in [3.8, 4) is 0 Å². The molecule has 0 bridgehead atoms. The molecule has 1 amide bonds. The highest BCUT2D eigenvalue weighted by Gasteiger charge is 2.24. The van der Waals surface area contributed by atoms with Crippen molar-refractivity contribution in [2.75, 3.05) is 0 Å². The maximum absolute atomic E-state index is 12.5. The Morgan fingerprint density at radius 3 is 2.37 bits per heavy atom. The number of carboxylic acid groups (broad SMARTS) is 1. The fourth-order valence-corrected chi connectivity index (χ4v) is 1.55. The van der Waals surface area contributed by atoms with Crippen LogP contribution in [0.15, 0.2) is 24.3 Å². The molecular formula is C13H15F2NO3. The molecule has 0 aliphatic carbocycles. The van der Waals surface area contributed by atoms with Crippen LogP contribution in [0, 0.1) is 5.92 Å². The molecule has 6 heteroatoms. The van der Waals surface area contributed by atoms with Gasteiger partial charge in [-0.2, -0.15) is 0 Å². The molecule has 0 saturated carbocycles. The van der Waals surface area contributed by atoms with Gasteiger partial charge in [0, 0.05) is 11.1 Å². The maximum atomic E-state index is 12.5. The molecule has 0 unspecified atom stereocenters. The van der Waals surface area contributed by atoms with Crippen LogP contribution >= 0.6 is 0 Å². The molecule has 19 heavy (non-hydrogen) atoms. The number of nitrogens with one attached hydrogen (secondary N) is 1. The monoisotopic (exact) mass is 271 g/mol. The van der Waals surface area contributed by atoms with Crippen LogP contribution in [0.4, 0.5) is 8.78 Å². The minimum atomic E-state index is -2.67. The van der Waals surface area contributed by atoms with Crippen molar-refractivity contribution in [3.05, 3.63) is 35.4 Å². The van der Waals surface area contributed by atoms with Crippen LogP contribution in [0.1, 0.15) is 36.2 Å². The topological polar surface area (TPSA) is 66.4 Å². The van der Waals surface area contributed by atoms with Gasteiger partial charge in [0.15, 0.2) is 0 Å². The molecule has 1 atom stereocenters. The van der Waals surface area contributed by atoms with Gasteiger partial charge < -0.3 is 10.4 Å².